The minimum atomic E-state index is 0.601. The van der Waals surface area contributed by atoms with Crippen LogP contribution in [-0.4, -0.2) is 20.6 Å². The molecule has 33 heavy (non-hydrogen) atoms. The van der Waals surface area contributed by atoms with Gasteiger partial charge in [0.15, 0.2) is 0 Å². The third-order valence-electron chi connectivity index (χ3n) is 5.31. The van der Waals surface area contributed by atoms with E-state index in [4.69, 9.17) is 9.84 Å². The number of fused-ring (bicyclic) bond motifs is 1. The molecule has 0 atom stereocenters. The number of hydrogen-bond acceptors (Lipinski definition) is 5. The van der Waals surface area contributed by atoms with E-state index in [2.05, 4.69) is 22.3 Å². The van der Waals surface area contributed by atoms with E-state index in [0.29, 0.717) is 5.88 Å². The molecule has 0 bridgehead atoms. The molecule has 0 spiro atoms. The molecule has 0 saturated heterocycles. The van der Waals surface area contributed by atoms with Crippen molar-refractivity contribution in [1.82, 2.24) is 14.3 Å². The maximum Gasteiger partial charge on any atom is 0.231 e. The quantitative estimate of drug-likeness (QED) is 0.251. The number of para-hydroxylation sites is 2. The average Bonchev–Trinajstić information content (AvgIpc) is 3.31. The molecular formula is C26H23N5OS. The van der Waals surface area contributed by atoms with E-state index in [-0.39, 0.29) is 0 Å². The van der Waals surface area contributed by atoms with Gasteiger partial charge >= 0.3 is 0 Å². The molecule has 3 aromatic carbocycles. The van der Waals surface area contributed by atoms with E-state index in [1.54, 1.807) is 22.2 Å². The minimum Gasteiger partial charge on any atom is -0.438 e. The molecule has 0 aliphatic heterocycles. The number of rotatable bonds is 5. The Morgan fingerprint density at radius 3 is 2.52 bits per heavy atom. The van der Waals surface area contributed by atoms with Crippen LogP contribution in [0.4, 0.5) is 0 Å². The monoisotopic (exact) mass is 453 g/mol. The van der Waals surface area contributed by atoms with Crippen molar-refractivity contribution in [2.24, 2.45) is 17.3 Å². The van der Waals surface area contributed by atoms with Gasteiger partial charge in [-0.2, -0.15) is 14.9 Å². The third kappa shape index (κ3) is 4.23. The van der Waals surface area contributed by atoms with Gasteiger partial charge in [0.2, 0.25) is 10.7 Å². The number of nitrogens with zero attached hydrogens (tertiary/aromatic N) is 5. The van der Waals surface area contributed by atoms with Crippen LogP contribution < -0.4 is 9.54 Å². The molecule has 0 radical (unpaired) electrons. The van der Waals surface area contributed by atoms with Crippen molar-refractivity contribution >= 4 is 27.8 Å². The van der Waals surface area contributed by atoms with Crippen LogP contribution in [0.25, 0.3) is 15.9 Å². The first kappa shape index (κ1) is 20.9. The standard InChI is InChI=1S/C26H23N5OS/c1-18-10-9-13-21(16-18)32-25-22(19(2)29-31(25)20-11-5-4-6-12-20)17-27-28-26-30(3)23-14-7-8-15-24(23)33-26/h4-17H,1-3H3/b27-17+,28-26-. The number of benzene rings is 3. The molecular weight excluding hydrogens is 430 g/mol. The van der Waals surface area contributed by atoms with Gasteiger partial charge < -0.3 is 9.30 Å². The molecule has 5 rings (SSSR count). The average molecular weight is 454 g/mol. The zero-order chi connectivity index (χ0) is 22.8. The third-order valence-corrected chi connectivity index (χ3v) is 6.42. The van der Waals surface area contributed by atoms with E-state index in [0.717, 1.165) is 38.6 Å². The first-order valence-electron chi connectivity index (χ1n) is 10.6. The lowest BCUT2D eigenvalue weighted by Gasteiger charge is -2.10. The molecule has 6 nitrogen and oxygen atoms in total. The molecule has 0 fully saturated rings. The van der Waals surface area contributed by atoms with Crippen molar-refractivity contribution in [2.45, 2.75) is 13.8 Å². The first-order chi connectivity index (χ1) is 16.1. The van der Waals surface area contributed by atoms with Gasteiger partial charge in [-0.15, -0.1) is 5.10 Å². The fourth-order valence-corrected chi connectivity index (χ4v) is 4.59. The van der Waals surface area contributed by atoms with Crippen molar-refractivity contribution in [3.05, 3.63) is 100 Å². The molecule has 0 unspecified atom stereocenters. The minimum absolute atomic E-state index is 0.601. The Labute approximate surface area is 195 Å². The summed E-state index contributed by atoms with van der Waals surface area (Å²) in [5.41, 5.74) is 4.76. The Balaban J connectivity index is 1.59. The van der Waals surface area contributed by atoms with Crippen LogP contribution in [-0.2, 0) is 7.05 Å². The smallest absolute Gasteiger partial charge is 0.231 e. The highest BCUT2D eigenvalue weighted by atomic mass is 32.1. The number of aromatic nitrogens is 3. The van der Waals surface area contributed by atoms with Crippen LogP contribution in [0, 0.1) is 13.8 Å². The lowest BCUT2D eigenvalue weighted by Crippen LogP contribution is -2.08. The van der Waals surface area contributed by atoms with Crippen LogP contribution in [0.3, 0.4) is 0 Å². The summed E-state index contributed by atoms with van der Waals surface area (Å²) in [6, 6.07) is 26.1. The zero-order valence-electron chi connectivity index (χ0n) is 18.6. The number of thiazole rings is 1. The summed E-state index contributed by atoms with van der Waals surface area (Å²) in [5.74, 6) is 1.35. The summed E-state index contributed by atoms with van der Waals surface area (Å²) in [4.78, 5) is 0.821. The fraction of sp³-hybridized carbons (Fsp3) is 0.115. The Hall–Kier alpha value is -3.97. The van der Waals surface area contributed by atoms with Crippen molar-refractivity contribution in [3.8, 4) is 17.3 Å². The van der Waals surface area contributed by atoms with Crippen molar-refractivity contribution in [3.63, 3.8) is 0 Å². The Bertz CT molecular complexity index is 1530. The predicted molar refractivity (Wildman–Crippen MR) is 134 cm³/mol. The maximum absolute atomic E-state index is 6.34. The molecule has 0 aliphatic carbocycles. The molecule has 5 aromatic rings. The molecule has 2 aromatic heterocycles. The van der Waals surface area contributed by atoms with E-state index < -0.39 is 0 Å². The maximum atomic E-state index is 6.34. The van der Waals surface area contributed by atoms with Crippen LogP contribution in [0.2, 0.25) is 0 Å². The van der Waals surface area contributed by atoms with E-state index in [1.165, 1.54) is 4.70 Å². The second kappa shape index (κ2) is 8.88. The van der Waals surface area contributed by atoms with Gasteiger partial charge in [0.1, 0.15) is 5.75 Å². The Morgan fingerprint density at radius 1 is 0.939 bits per heavy atom. The van der Waals surface area contributed by atoms with Gasteiger partial charge in [-0.05, 0) is 55.8 Å². The summed E-state index contributed by atoms with van der Waals surface area (Å²) in [6.07, 6.45) is 1.72. The number of aryl methyl sites for hydroxylation is 3. The lowest BCUT2D eigenvalue weighted by molar-refractivity contribution is 0.443. The van der Waals surface area contributed by atoms with Crippen LogP contribution in [0.15, 0.2) is 89.1 Å². The highest BCUT2D eigenvalue weighted by Crippen LogP contribution is 2.30. The molecule has 0 saturated carbocycles. The second-order valence-corrected chi connectivity index (χ2v) is 8.74. The molecule has 7 heteroatoms. The van der Waals surface area contributed by atoms with E-state index in [1.807, 2.05) is 92.2 Å². The first-order valence-corrected chi connectivity index (χ1v) is 11.4. The van der Waals surface area contributed by atoms with E-state index in [9.17, 15) is 0 Å². The lowest BCUT2D eigenvalue weighted by atomic mass is 10.2. The number of hydrogen-bond donors (Lipinski definition) is 0. The van der Waals surface area contributed by atoms with Gasteiger partial charge in [-0.3, -0.25) is 0 Å². The van der Waals surface area contributed by atoms with Crippen LogP contribution in [0.1, 0.15) is 16.8 Å². The highest BCUT2D eigenvalue weighted by Gasteiger charge is 2.18. The van der Waals surface area contributed by atoms with Crippen molar-refractivity contribution in [1.29, 1.82) is 0 Å². The molecule has 0 aliphatic rings. The molecule has 164 valence electrons. The SMILES string of the molecule is Cc1cccc(Oc2c(/C=N/N=c3\sc4ccccc4n3C)c(C)nn2-c2ccccc2)c1. The highest BCUT2D eigenvalue weighted by molar-refractivity contribution is 7.16. The van der Waals surface area contributed by atoms with Crippen molar-refractivity contribution < 1.29 is 4.74 Å². The van der Waals surface area contributed by atoms with Gasteiger partial charge in [-0.1, -0.05) is 53.8 Å². The molecule has 2 heterocycles. The summed E-state index contributed by atoms with van der Waals surface area (Å²) in [5, 5.41) is 13.6. The van der Waals surface area contributed by atoms with Crippen LogP contribution in [0.5, 0.6) is 11.6 Å². The van der Waals surface area contributed by atoms with Crippen molar-refractivity contribution in [2.75, 3.05) is 0 Å². The number of ether oxygens (including phenoxy) is 1. The van der Waals surface area contributed by atoms with Gasteiger partial charge in [0.05, 0.1) is 33.4 Å². The fourth-order valence-electron chi connectivity index (χ4n) is 3.61. The van der Waals surface area contributed by atoms with Crippen LogP contribution >= 0.6 is 11.3 Å². The zero-order valence-corrected chi connectivity index (χ0v) is 19.5. The summed E-state index contributed by atoms with van der Waals surface area (Å²) in [7, 11) is 2.00. The second-order valence-electron chi connectivity index (χ2n) is 7.73. The summed E-state index contributed by atoms with van der Waals surface area (Å²) >= 11 is 1.60. The summed E-state index contributed by atoms with van der Waals surface area (Å²) in [6.45, 7) is 3.99. The predicted octanol–water partition coefficient (Wildman–Crippen LogP) is 5.77. The van der Waals surface area contributed by atoms with Gasteiger partial charge in [0.25, 0.3) is 0 Å². The Kier molecular flexibility index (Phi) is 5.62. The molecule has 0 amide bonds. The normalized spacial score (nSPS) is 12.2. The van der Waals surface area contributed by atoms with Gasteiger partial charge in [0, 0.05) is 7.05 Å². The summed E-state index contributed by atoms with van der Waals surface area (Å²) < 4.78 is 11.4. The largest absolute Gasteiger partial charge is 0.438 e. The van der Waals surface area contributed by atoms with E-state index >= 15 is 0 Å². The van der Waals surface area contributed by atoms with Gasteiger partial charge in [-0.25, -0.2) is 0 Å². The topological polar surface area (TPSA) is 56.7 Å². The molecule has 0 N–H and O–H groups in total. The Morgan fingerprint density at radius 2 is 1.73 bits per heavy atom.